The Morgan fingerprint density at radius 3 is 2.52 bits per heavy atom. The largest absolute Gasteiger partial charge is 0.480 e. The van der Waals surface area contributed by atoms with Gasteiger partial charge in [-0.2, -0.15) is 0 Å². The van der Waals surface area contributed by atoms with Crippen LogP contribution in [0.15, 0.2) is 41.5 Å². The van der Waals surface area contributed by atoms with E-state index in [1.54, 1.807) is 31.2 Å². The van der Waals surface area contributed by atoms with Crippen LogP contribution in [-0.2, 0) is 15.0 Å². The van der Waals surface area contributed by atoms with Crippen molar-refractivity contribution in [2.75, 3.05) is 0 Å². The van der Waals surface area contributed by atoms with Crippen molar-refractivity contribution in [2.24, 2.45) is 0 Å². The highest BCUT2D eigenvalue weighted by Gasteiger charge is 2.43. The second-order valence-corrected chi connectivity index (χ2v) is 6.59. The van der Waals surface area contributed by atoms with E-state index in [0.29, 0.717) is 16.2 Å². The molecule has 0 fully saturated rings. The molecule has 2 N–H and O–H groups in total. The summed E-state index contributed by atoms with van der Waals surface area (Å²) in [7, 11) is 0. The molecule has 0 saturated heterocycles. The zero-order chi connectivity index (χ0) is 15.8. The number of carboxylic acid groups (broad SMARTS) is 2. The van der Waals surface area contributed by atoms with Crippen LogP contribution in [0.5, 0.6) is 0 Å². The second kappa shape index (κ2) is 5.81. The first-order valence-electron chi connectivity index (χ1n) is 6.08. The first kappa shape index (κ1) is 16.0. The Labute approximate surface area is 140 Å². The molecule has 110 valence electrons. The van der Waals surface area contributed by atoms with E-state index in [0.717, 1.165) is 3.57 Å². The Hall–Kier alpha value is -1.34. The van der Waals surface area contributed by atoms with Crippen molar-refractivity contribution in [1.29, 1.82) is 0 Å². The van der Waals surface area contributed by atoms with Gasteiger partial charge in [0.2, 0.25) is 0 Å². The summed E-state index contributed by atoms with van der Waals surface area (Å²) in [6.07, 6.45) is 2.93. The molecule has 1 aromatic rings. The molecular formula is C15H12ClIO4. The molecule has 1 aliphatic carbocycles. The summed E-state index contributed by atoms with van der Waals surface area (Å²) < 4.78 is 0.882. The van der Waals surface area contributed by atoms with Crippen molar-refractivity contribution in [3.63, 3.8) is 0 Å². The molecule has 21 heavy (non-hydrogen) atoms. The van der Waals surface area contributed by atoms with Gasteiger partial charge in [0.1, 0.15) is 5.41 Å². The van der Waals surface area contributed by atoms with Gasteiger partial charge >= 0.3 is 11.9 Å². The lowest BCUT2D eigenvalue weighted by molar-refractivity contribution is -0.142. The van der Waals surface area contributed by atoms with E-state index in [9.17, 15) is 19.8 Å². The fourth-order valence-corrected chi connectivity index (χ4v) is 3.55. The van der Waals surface area contributed by atoms with Crippen molar-refractivity contribution >= 4 is 46.1 Å². The van der Waals surface area contributed by atoms with Gasteiger partial charge in [-0.05, 0) is 53.3 Å². The summed E-state index contributed by atoms with van der Waals surface area (Å²) in [5.74, 6) is -2.23. The molecule has 0 bridgehead atoms. The van der Waals surface area contributed by atoms with Crippen LogP contribution in [0.3, 0.4) is 0 Å². The average molecular weight is 419 g/mol. The zero-order valence-corrected chi connectivity index (χ0v) is 14.0. The topological polar surface area (TPSA) is 74.6 Å². The van der Waals surface area contributed by atoms with E-state index < -0.39 is 17.4 Å². The summed E-state index contributed by atoms with van der Waals surface area (Å²) in [6.45, 7) is 1.68. The monoisotopic (exact) mass is 418 g/mol. The molecule has 1 atom stereocenters. The number of rotatable bonds is 3. The quantitative estimate of drug-likeness (QED) is 0.735. The number of benzene rings is 1. The van der Waals surface area contributed by atoms with E-state index in [-0.39, 0.29) is 12.0 Å². The van der Waals surface area contributed by atoms with Gasteiger partial charge in [-0.3, -0.25) is 4.79 Å². The lowest BCUT2D eigenvalue weighted by Gasteiger charge is -2.31. The molecule has 1 aliphatic rings. The van der Waals surface area contributed by atoms with E-state index in [1.165, 1.54) is 6.08 Å². The first-order valence-corrected chi connectivity index (χ1v) is 7.54. The standard InChI is InChI=1S/C15H12ClIO4/c1-8-4-9(13(18)19)7-15(6-8,14(20)21)11-3-2-10(17)5-12(11)16/h2-6H,7H2,1H3,(H,18,19)(H,20,21). The number of halogens is 2. The van der Waals surface area contributed by atoms with Crippen LogP contribution in [-0.4, -0.2) is 22.2 Å². The third-order valence-corrected chi connectivity index (χ3v) is 4.40. The van der Waals surface area contributed by atoms with Crippen LogP contribution in [0.25, 0.3) is 0 Å². The second-order valence-electron chi connectivity index (χ2n) is 4.94. The molecule has 0 radical (unpaired) electrons. The molecule has 0 amide bonds. The molecule has 4 nitrogen and oxygen atoms in total. The Kier molecular flexibility index (Phi) is 4.43. The van der Waals surface area contributed by atoms with Crippen molar-refractivity contribution in [2.45, 2.75) is 18.8 Å². The lowest BCUT2D eigenvalue weighted by atomic mass is 9.71. The highest BCUT2D eigenvalue weighted by atomic mass is 127. The van der Waals surface area contributed by atoms with Crippen LogP contribution in [0.2, 0.25) is 5.02 Å². The van der Waals surface area contributed by atoms with Crippen molar-refractivity contribution < 1.29 is 19.8 Å². The van der Waals surface area contributed by atoms with Crippen LogP contribution in [0, 0.1) is 3.57 Å². The van der Waals surface area contributed by atoms with Gasteiger partial charge in [-0.1, -0.05) is 29.3 Å². The van der Waals surface area contributed by atoms with Gasteiger partial charge in [-0.15, -0.1) is 0 Å². The average Bonchev–Trinajstić information content (AvgIpc) is 2.37. The fourth-order valence-electron chi connectivity index (χ4n) is 2.52. The zero-order valence-electron chi connectivity index (χ0n) is 11.1. The molecule has 0 saturated carbocycles. The number of hydrogen-bond acceptors (Lipinski definition) is 2. The minimum absolute atomic E-state index is 0.0621. The Morgan fingerprint density at radius 1 is 1.33 bits per heavy atom. The summed E-state index contributed by atoms with van der Waals surface area (Å²) in [6, 6.07) is 5.07. The summed E-state index contributed by atoms with van der Waals surface area (Å²) >= 11 is 8.29. The predicted octanol–water partition coefficient (Wildman–Crippen LogP) is 3.63. The Bertz CT molecular complexity index is 693. The third-order valence-electron chi connectivity index (χ3n) is 3.41. The molecule has 1 unspecified atom stereocenters. The maximum atomic E-state index is 11.9. The molecule has 0 spiro atoms. The van der Waals surface area contributed by atoms with Crippen LogP contribution >= 0.6 is 34.2 Å². The van der Waals surface area contributed by atoms with Gasteiger partial charge in [-0.25, -0.2) is 4.79 Å². The summed E-state index contributed by atoms with van der Waals surface area (Å²) in [5.41, 5.74) is -0.389. The number of hydrogen-bond donors (Lipinski definition) is 2. The highest BCUT2D eigenvalue weighted by molar-refractivity contribution is 14.1. The van der Waals surface area contributed by atoms with Crippen LogP contribution < -0.4 is 0 Å². The van der Waals surface area contributed by atoms with Gasteiger partial charge in [0.25, 0.3) is 0 Å². The molecule has 1 aromatic carbocycles. The molecular weight excluding hydrogens is 407 g/mol. The SMILES string of the molecule is CC1=CC(C(=O)O)(c2ccc(I)cc2Cl)CC(C(=O)O)=C1. The maximum Gasteiger partial charge on any atom is 0.331 e. The van der Waals surface area contributed by atoms with Crippen LogP contribution in [0.4, 0.5) is 0 Å². The maximum absolute atomic E-state index is 11.9. The predicted molar refractivity (Wildman–Crippen MR) is 87.6 cm³/mol. The van der Waals surface area contributed by atoms with E-state index in [1.807, 2.05) is 0 Å². The molecule has 0 heterocycles. The highest BCUT2D eigenvalue weighted by Crippen LogP contribution is 2.41. The minimum Gasteiger partial charge on any atom is -0.480 e. The van der Waals surface area contributed by atoms with Gasteiger partial charge in [0.05, 0.1) is 0 Å². The number of allylic oxidation sites excluding steroid dienone is 2. The van der Waals surface area contributed by atoms with Crippen molar-refractivity contribution in [1.82, 2.24) is 0 Å². The summed E-state index contributed by atoms with van der Waals surface area (Å²) in [5, 5.41) is 19.3. The van der Waals surface area contributed by atoms with Crippen LogP contribution in [0.1, 0.15) is 18.9 Å². The molecule has 6 heteroatoms. The Morgan fingerprint density at radius 2 is 2.00 bits per heavy atom. The smallest absolute Gasteiger partial charge is 0.331 e. The normalized spacial score (nSPS) is 21.5. The van der Waals surface area contributed by atoms with Crippen molar-refractivity contribution in [3.05, 3.63) is 55.7 Å². The third kappa shape index (κ3) is 2.98. The van der Waals surface area contributed by atoms with E-state index in [4.69, 9.17) is 11.6 Å². The molecule has 2 rings (SSSR count). The Balaban J connectivity index is 2.66. The minimum atomic E-state index is -1.45. The lowest BCUT2D eigenvalue weighted by Crippen LogP contribution is -2.37. The van der Waals surface area contributed by atoms with Gasteiger partial charge in [0, 0.05) is 20.6 Å². The number of carboxylic acids is 2. The molecule has 0 aliphatic heterocycles. The molecule has 0 aromatic heterocycles. The van der Waals surface area contributed by atoms with E-state index in [2.05, 4.69) is 22.6 Å². The fraction of sp³-hybridized carbons (Fsp3) is 0.200. The van der Waals surface area contributed by atoms with E-state index >= 15 is 0 Å². The van der Waals surface area contributed by atoms with Gasteiger partial charge in [0.15, 0.2) is 0 Å². The number of carbonyl (C=O) groups is 2. The number of aliphatic carboxylic acids is 2. The van der Waals surface area contributed by atoms with Gasteiger partial charge < -0.3 is 10.2 Å². The summed E-state index contributed by atoms with van der Waals surface area (Å²) in [4.78, 5) is 23.2. The van der Waals surface area contributed by atoms with Crippen molar-refractivity contribution in [3.8, 4) is 0 Å². The first-order chi connectivity index (χ1) is 9.76.